The van der Waals surface area contributed by atoms with Crippen LogP contribution in [-0.4, -0.2) is 37.7 Å². The molecule has 1 amide bonds. The summed E-state index contributed by atoms with van der Waals surface area (Å²) in [6, 6.07) is 10.6. The van der Waals surface area contributed by atoms with Gasteiger partial charge in [0, 0.05) is 37.9 Å². The van der Waals surface area contributed by atoms with Gasteiger partial charge in [-0.2, -0.15) is 0 Å². The third-order valence-electron chi connectivity index (χ3n) is 6.09. The van der Waals surface area contributed by atoms with Crippen molar-refractivity contribution in [3.05, 3.63) is 35.9 Å². The molecule has 1 atom stereocenters. The molecule has 1 unspecified atom stereocenters. The summed E-state index contributed by atoms with van der Waals surface area (Å²) in [5, 5.41) is 6.99. The van der Waals surface area contributed by atoms with Crippen LogP contribution in [0.15, 0.2) is 30.3 Å². The van der Waals surface area contributed by atoms with Crippen LogP contribution in [0.4, 0.5) is 0 Å². The summed E-state index contributed by atoms with van der Waals surface area (Å²) < 4.78 is 5.58. The number of amides is 1. The Morgan fingerprint density at radius 1 is 1.23 bits per heavy atom. The van der Waals surface area contributed by atoms with Gasteiger partial charge in [0.05, 0.1) is 5.41 Å². The van der Waals surface area contributed by atoms with Gasteiger partial charge < -0.3 is 21.1 Å². The fourth-order valence-electron chi connectivity index (χ4n) is 3.81. The summed E-state index contributed by atoms with van der Waals surface area (Å²) in [6.07, 6.45) is 3.29. The second-order valence-electron chi connectivity index (χ2n) is 7.54. The zero-order valence-electron chi connectivity index (χ0n) is 16.5. The smallest absolute Gasteiger partial charge is 0.227 e. The van der Waals surface area contributed by atoms with Crippen molar-refractivity contribution in [3.8, 4) is 0 Å². The summed E-state index contributed by atoms with van der Waals surface area (Å²) in [7, 11) is 0. The zero-order valence-corrected chi connectivity index (χ0v) is 16.5. The van der Waals surface area contributed by atoms with Gasteiger partial charge in [-0.1, -0.05) is 44.2 Å². The van der Waals surface area contributed by atoms with Crippen molar-refractivity contribution in [1.82, 2.24) is 10.6 Å². The molecule has 1 aromatic carbocycles. The van der Waals surface area contributed by atoms with E-state index in [1.54, 1.807) is 0 Å². The van der Waals surface area contributed by atoms with E-state index in [4.69, 9.17) is 10.5 Å². The topological polar surface area (TPSA) is 76.4 Å². The van der Waals surface area contributed by atoms with Crippen molar-refractivity contribution < 1.29 is 9.53 Å². The maximum Gasteiger partial charge on any atom is 0.227 e. The number of ether oxygens (including phenoxy) is 1. The van der Waals surface area contributed by atoms with E-state index >= 15 is 0 Å². The Morgan fingerprint density at radius 3 is 2.38 bits per heavy atom. The quantitative estimate of drug-likeness (QED) is 0.632. The summed E-state index contributed by atoms with van der Waals surface area (Å²) in [6.45, 7) is 8.67. The van der Waals surface area contributed by atoms with E-state index in [0.717, 1.165) is 25.7 Å². The largest absolute Gasteiger partial charge is 0.381 e. The van der Waals surface area contributed by atoms with Crippen LogP contribution in [0.5, 0.6) is 0 Å². The molecule has 146 valence electrons. The van der Waals surface area contributed by atoms with Crippen molar-refractivity contribution >= 4 is 5.91 Å². The molecule has 0 saturated carbocycles. The molecule has 0 bridgehead atoms. The molecule has 1 fully saturated rings. The van der Waals surface area contributed by atoms with Gasteiger partial charge in [-0.3, -0.25) is 4.79 Å². The second-order valence-corrected chi connectivity index (χ2v) is 7.54. The molecule has 0 radical (unpaired) electrons. The number of carbonyl (C=O) groups excluding carboxylic acids is 1. The molecule has 26 heavy (non-hydrogen) atoms. The molecule has 5 heteroatoms. The van der Waals surface area contributed by atoms with Crippen LogP contribution in [0.1, 0.15) is 58.1 Å². The lowest BCUT2D eigenvalue weighted by Crippen LogP contribution is -2.59. The number of benzene rings is 1. The van der Waals surface area contributed by atoms with Crippen molar-refractivity contribution in [2.24, 2.45) is 11.1 Å². The molecule has 0 spiro atoms. The Bertz CT molecular complexity index is 543. The molecular formula is C21H35N3O2. The van der Waals surface area contributed by atoms with Gasteiger partial charge in [-0.05, 0) is 38.2 Å². The van der Waals surface area contributed by atoms with Crippen LogP contribution >= 0.6 is 0 Å². The van der Waals surface area contributed by atoms with Crippen molar-refractivity contribution in [3.63, 3.8) is 0 Å². The average Bonchev–Trinajstić information content (AvgIpc) is 2.69. The molecule has 4 N–H and O–H groups in total. The number of nitrogens with one attached hydrogen (secondary N) is 2. The van der Waals surface area contributed by atoms with Gasteiger partial charge in [0.1, 0.15) is 0 Å². The highest BCUT2D eigenvalue weighted by molar-refractivity contribution is 5.82. The zero-order chi connectivity index (χ0) is 19.0. The van der Waals surface area contributed by atoms with Crippen LogP contribution < -0.4 is 16.4 Å². The van der Waals surface area contributed by atoms with Crippen molar-refractivity contribution in [2.75, 3.05) is 26.3 Å². The van der Waals surface area contributed by atoms with E-state index in [-0.39, 0.29) is 17.5 Å². The second kappa shape index (κ2) is 9.49. The Labute approximate surface area is 158 Å². The molecular weight excluding hydrogens is 326 g/mol. The lowest BCUT2D eigenvalue weighted by atomic mass is 9.81. The first kappa shape index (κ1) is 20.9. The summed E-state index contributed by atoms with van der Waals surface area (Å²) in [5.74, 6) is 0.0741. The lowest BCUT2D eigenvalue weighted by Gasteiger charge is -2.41. The van der Waals surface area contributed by atoms with Crippen LogP contribution in [-0.2, 0) is 9.53 Å². The predicted octanol–water partition coefficient (Wildman–Crippen LogP) is 2.77. The van der Waals surface area contributed by atoms with E-state index in [9.17, 15) is 4.79 Å². The standard InChI is InChI=1S/C21H35N3O2/c1-4-20(5-2,15-22)19(25)23-16-21(11-13-26-14-12-21)24-17(3)18-9-7-6-8-10-18/h6-10,17,24H,4-5,11-16,22H2,1-3H3,(H,23,25). The summed E-state index contributed by atoms with van der Waals surface area (Å²) >= 11 is 0. The fraction of sp³-hybridized carbons (Fsp3) is 0.667. The third kappa shape index (κ3) is 4.84. The van der Waals surface area contributed by atoms with Gasteiger partial charge >= 0.3 is 0 Å². The highest BCUT2D eigenvalue weighted by Crippen LogP contribution is 2.28. The number of hydrogen-bond acceptors (Lipinski definition) is 4. The number of carbonyl (C=O) groups is 1. The SMILES string of the molecule is CCC(CC)(CN)C(=O)NCC1(NC(C)c2ccccc2)CCOCC1. The van der Waals surface area contributed by atoms with E-state index < -0.39 is 5.41 Å². The Balaban J connectivity index is 2.08. The van der Waals surface area contributed by atoms with Gasteiger partial charge in [-0.15, -0.1) is 0 Å². The minimum Gasteiger partial charge on any atom is -0.381 e. The Morgan fingerprint density at radius 2 is 1.85 bits per heavy atom. The minimum absolute atomic E-state index is 0.0741. The lowest BCUT2D eigenvalue weighted by molar-refractivity contribution is -0.131. The van der Waals surface area contributed by atoms with E-state index in [2.05, 4.69) is 41.8 Å². The number of rotatable bonds is 9. The molecule has 1 aliphatic heterocycles. The van der Waals surface area contributed by atoms with Gasteiger partial charge in [0.25, 0.3) is 0 Å². The van der Waals surface area contributed by atoms with Crippen LogP contribution in [0.25, 0.3) is 0 Å². The van der Waals surface area contributed by atoms with Gasteiger partial charge in [0.2, 0.25) is 5.91 Å². The van der Waals surface area contributed by atoms with Crippen LogP contribution in [0, 0.1) is 5.41 Å². The van der Waals surface area contributed by atoms with Gasteiger partial charge in [-0.25, -0.2) is 0 Å². The van der Waals surface area contributed by atoms with Crippen molar-refractivity contribution in [2.45, 2.75) is 58.0 Å². The Kier molecular flexibility index (Phi) is 7.62. The highest BCUT2D eigenvalue weighted by Gasteiger charge is 2.38. The first-order valence-corrected chi connectivity index (χ1v) is 9.89. The van der Waals surface area contributed by atoms with E-state index in [1.165, 1.54) is 5.56 Å². The molecule has 0 aliphatic carbocycles. The molecule has 0 aromatic heterocycles. The van der Waals surface area contributed by atoms with Crippen LogP contribution in [0.3, 0.4) is 0 Å². The third-order valence-corrected chi connectivity index (χ3v) is 6.09. The van der Waals surface area contributed by atoms with Crippen molar-refractivity contribution in [1.29, 1.82) is 0 Å². The number of hydrogen-bond donors (Lipinski definition) is 3. The predicted molar refractivity (Wildman–Crippen MR) is 106 cm³/mol. The fourth-order valence-corrected chi connectivity index (χ4v) is 3.81. The van der Waals surface area contributed by atoms with Gasteiger partial charge in [0.15, 0.2) is 0 Å². The van der Waals surface area contributed by atoms with E-state index in [1.807, 2.05) is 19.9 Å². The maximum atomic E-state index is 12.8. The molecule has 2 rings (SSSR count). The molecule has 1 aliphatic rings. The highest BCUT2D eigenvalue weighted by atomic mass is 16.5. The summed E-state index contributed by atoms with van der Waals surface area (Å²) in [4.78, 5) is 12.8. The van der Waals surface area contributed by atoms with Crippen LogP contribution in [0.2, 0.25) is 0 Å². The first-order valence-electron chi connectivity index (χ1n) is 9.89. The summed E-state index contributed by atoms with van der Waals surface area (Å²) in [5.41, 5.74) is 6.58. The first-order chi connectivity index (χ1) is 12.5. The Hall–Kier alpha value is -1.43. The molecule has 5 nitrogen and oxygen atoms in total. The molecule has 1 heterocycles. The van der Waals surface area contributed by atoms with E-state index in [0.29, 0.717) is 26.3 Å². The normalized spacial score (nSPS) is 18.3. The molecule has 1 saturated heterocycles. The monoisotopic (exact) mass is 361 g/mol. The number of nitrogens with two attached hydrogens (primary N) is 1. The minimum atomic E-state index is -0.461. The maximum absolute atomic E-state index is 12.8. The molecule has 1 aromatic rings. The average molecular weight is 362 g/mol.